The van der Waals surface area contributed by atoms with Gasteiger partial charge in [-0.05, 0) is 29.0 Å². The maximum atomic E-state index is 12.6. The molecule has 27 heavy (non-hydrogen) atoms. The van der Waals surface area contributed by atoms with Gasteiger partial charge in [0.1, 0.15) is 5.82 Å². The molecule has 2 heterocycles. The second-order valence-electron chi connectivity index (χ2n) is 8.57. The fraction of sp³-hybridized carbons (Fsp3) is 0.500. The lowest BCUT2D eigenvalue weighted by Gasteiger charge is -2.21. The predicted octanol–water partition coefficient (Wildman–Crippen LogP) is 3.45. The molecule has 0 saturated heterocycles. The molecule has 2 aromatic rings. The van der Waals surface area contributed by atoms with Crippen LogP contribution in [0.25, 0.3) is 0 Å². The zero-order chi connectivity index (χ0) is 19.7. The number of pyridine rings is 2. The van der Waals surface area contributed by atoms with E-state index in [2.05, 4.69) is 47.9 Å². The highest BCUT2D eigenvalue weighted by molar-refractivity contribution is 5.84. The van der Waals surface area contributed by atoms with Crippen molar-refractivity contribution >= 4 is 11.7 Å². The number of amides is 1. The van der Waals surface area contributed by atoms with Crippen LogP contribution < -0.4 is 10.2 Å². The molecule has 5 nitrogen and oxygen atoms in total. The fourth-order valence-electron chi connectivity index (χ4n) is 3.98. The van der Waals surface area contributed by atoms with Crippen molar-refractivity contribution in [2.75, 3.05) is 18.5 Å². The highest BCUT2D eigenvalue weighted by Crippen LogP contribution is 2.68. The van der Waals surface area contributed by atoms with Crippen molar-refractivity contribution in [2.45, 2.75) is 40.7 Å². The summed E-state index contributed by atoms with van der Waals surface area (Å²) in [5, 5.41) is 3.12. The first-order valence-corrected chi connectivity index (χ1v) is 9.58. The first kappa shape index (κ1) is 19.3. The van der Waals surface area contributed by atoms with E-state index >= 15 is 0 Å². The summed E-state index contributed by atoms with van der Waals surface area (Å²) in [4.78, 5) is 23.7. The Hall–Kier alpha value is -2.43. The Morgan fingerprint density at radius 2 is 1.78 bits per heavy atom. The van der Waals surface area contributed by atoms with Crippen LogP contribution in [-0.4, -0.2) is 29.5 Å². The Morgan fingerprint density at radius 3 is 2.41 bits per heavy atom. The number of carbonyl (C=O) groups excluding carboxylic acids is 1. The SMILES string of the molecule is CN(CCc1ccccn1)c1ncccc1CNC(=O)C1C(C)(C)C1(C)C. The molecule has 144 valence electrons. The first-order valence-electron chi connectivity index (χ1n) is 9.58. The molecule has 1 amide bonds. The molecular formula is C22H30N4O. The molecule has 1 saturated carbocycles. The van der Waals surface area contributed by atoms with E-state index in [9.17, 15) is 4.79 Å². The third kappa shape index (κ3) is 3.82. The molecule has 0 aromatic carbocycles. The van der Waals surface area contributed by atoms with Gasteiger partial charge in [-0.25, -0.2) is 4.98 Å². The van der Waals surface area contributed by atoms with Gasteiger partial charge >= 0.3 is 0 Å². The molecule has 0 bridgehead atoms. The molecule has 0 radical (unpaired) electrons. The number of likely N-dealkylation sites (N-methyl/N-ethyl adjacent to an activating group) is 1. The lowest BCUT2D eigenvalue weighted by Crippen LogP contribution is -2.29. The first-order chi connectivity index (χ1) is 12.7. The van der Waals surface area contributed by atoms with E-state index in [1.165, 1.54) is 0 Å². The van der Waals surface area contributed by atoms with Gasteiger partial charge in [-0.1, -0.05) is 39.8 Å². The van der Waals surface area contributed by atoms with Crippen molar-refractivity contribution < 1.29 is 4.79 Å². The summed E-state index contributed by atoms with van der Waals surface area (Å²) in [6.07, 6.45) is 4.47. The molecule has 0 aliphatic heterocycles. The number of hydrogen-bond acceptors (Lipinski definition) is 4. The van der Waals surface area contributed by atoms with Crippen LogP contribution in [0.5, 0.6) is 0 Å². The monoisotopic (exact) mass is 366 g/mol. The van der Waals surface area contributed by atoms with Gasteiger partial charge in [-0.2, -0.15) is 0 Å². The van der Waals surface area contributed by atoms with Crippen molar-refractivity contribution in [3.8, 4) is 0 Å². The van der Waals surface area contributed by atoms with Crippen LogP contribution in [0.4, 0.5) is 5.82 Å². The molecule has 5 heteroatoms. The molecule has 1 aliphatic carbocycles. The summed E-state index contributed by atoms with van der Waals surface area (Å²) in [6.45, 7) is 9.98. The largest absolute Gasteiger partial charge is 0.359 e. The van der Waals surface area contributed by atoms with Crippen LogP contribution in [-0.2, 0) is 17.8 Å². The van der Waals surface area contributed by atoms with Crippen LogP contribution in [0.15, 0.2) is 42.7 Å². The quantitative estimate of drug-likeness (QED) is 0.815. The molecule has 1 N–H and O–H groups in total. The third-order valence-corrected chi connectivity index (χ3v) is 6.39. The van der Waals surface area contributed by atoms with Gasteiger partial charge in [0.25, 0.3) is 0 Å². The molecule has 1 aliphatic rings. The average Bonchev–Trinajstić information content (AvgIpc) is 3.07. The summed E-state index contributed by atoms with van der Waals surface area (Å²) in [5.41, 5.74) is 2.20. The Bertz CT molecular complexity index is 787. The van der Waals surface area contributed by atoms with E-state index < -0.39 is 0 Å². The molecule has 0 atom stereocenters. The molecule has 1 fully saturated rings. The Labute approximate surface area is 162 Å². The molecule has 3 rings (SSSR count). The van der Waals surface area contributed by atoms with Crippen LogP contribution >= 0.6 is 0 Å². The van der Waals surface area contributed by atoms with Crippen LogP contribution in [0.3, 0.4) is 0 Å². The van der Waals surface area contributed by atoms with Crippen LogP contribution in [0, 0.1) is 16.7 Å². The number of rotatable bonds is 7. The minimum atomic E-state index is 0.0499. The number of anilines is 1. The van der Waals surface area contributed by atoms with E-state index in [0.717, 1.165) is 30.0 Å². The van der Waals surface area contributed by atoms with E-state index in [-0.39, 0.29) is 22.7 Å². The van der Waals surface area contributed by atoms with Crippen LogP contribution in [0.2, 0.25) is 0 Å². The number of carbonyl (C=O) groups is 1. The van der Waals surface area contributed by atoms with Crippen molar-refractivity contribution in [1.29, 1.82) is 0 Å². The van der Waals surface area contributed by atoms with E-state index in [1.807, 2.05) is 43.6 Å². The van der Waals surface area contributed by atoms with Gasteiger partial charge in [-0.15, -0.1) is 0 Å². The smallest absolute Gasteiger partial charge is 0.224 e. The normalized spacial score (nSPS) is 17.4. The zero-order valence-corrected chi connectivity index (χ0v) is 17.0. The van der Waals surface area contributed by atoms with Gasteiger partial charge in [0.2, 0.25) is 5.91 Å². The van der Waals surface area contributed by atoms with Crippen molar-refractivity contribution in [2.24, 2.45) is 16.7 Å². The molecular weight excluding hydrogens is 336 g/mol. The van der Waals surface area contributed by atoms with E-state index in [4.69, 9.17) is 0 Å². The van der Waals surface area contributed by atoms with Gasteiger partial charge < -0.3 is 10.2 Å². The molecule has 2 aromatic heterocycles. The van der Waals surface area contributed by atoms with Crippen molar-refractivity contribution in [3.05, 3.63) is 54.0 Å². The third-order valence-electron chi connectivity index (χ3n) is 6.39. The lowest BCUT2D eigenvalue weighted by atomic mass is 10.0. The topological polar surface area (TPSA) is 58.1 Å². The zero-order valence-electron chi connectivity index (χ0n) is 17.0. The number of nitrogens with zero attached hydrogens (tertiary/aromatic N) is 3. The number of aromatic nitrogens is 2. The van der Waals surface area contributed by atoms with Gasteiger partial charge in [-0.3, -0.25) is 9.78 Å². The van der Waals surface area contributed by atoms with Gasteiger partial charge in [0.05, 0.1) is 0 Å². The van der Waals surface area contributed by atoms with E-state index in [0.29, 0.717) is 6.54 Å². The highest BCUT2D eigenvalue weighted by Gasteiger charge is 2.68. The van der Waals surface area contributed by atoms with Gasteiger partial charge in [0.15, 0.2) is 0 Å². The second-order valence-corrected chi connectivity index (χ2v) is 8.57. The number of nitrogens with one attached hydrogen (secondary N) is 1. The lowest BCUT2D eigenvalue weighted by molar-refractivity contribution is -0.123. The maximum Gasteiger partial charge on any atom is 0.224 e. The second kappa shape index (κ2) is 7.29. The average molecular weight is 367 g/mol. The predicted molar refractivity (Wildman–Crippen MR) is 108 cm³/mol. The molecule has 0 unspecified atom stereocenters. The Morgan fingerprint density at radius 1 is 1.07 bits per heavy atom. The summed E-state index contributed by atoms with van der Waals surface area (Å²) in [6, 6.07) is 9.91. The van der Waals surface area contributed by atoms with Crippen molar-refractivity contribution in [1.82, 2.24) is 15.3 Å². The van der Waals surface area contributed by atoms with E-state index in [1.54, 1.807) is 6.20 Å². The van der Waals surface area contributed by atoms with Gasteiger partial charge in [0, 0.05) is 56.1 Å². The fourth-order valence-corrected chi connectivity index (χ4v) is 3.98. The summed E-state index contributed by atoms with van der Waals surface area (Å²) < 4.78 is 0. The summed E-state index contributed by atoms with van der Waals surface area (Å²) in [7, 11) is 2.03. The Kier molecular flexibility index (Phi) is 5.22. The van der Waals surface area contributed by atoms with Crippen LogP contribution in [0.1, 0.15) is 39.0 Å². The summed E-state index contributed by atoms with van der Waals surface area (Å²) >= 11 is 0. The van der Waals surface area contributed by atoms with Crippen molar-refractivity contribution in [3.63, 3.8) is 0 Å². The summed E-state index contributed by atoms with van der Waals surface area (Å²) in [5.74, 6) is 1.10. The minimum Gasteiger partial charge on any atom is -0.359 e. The number of hydrogen-bond donors (Lipinski definition) is 1. The minimum absolute atomic E-state index is 0.0499. The maximum absolute atomic E-state index is 12.6. The molecule has 0 spiro atoms. The standard InChI is InChI=1S/C22H30N4O/c1-21(2)18(22(21,3)4)20(27)25-15-16-9-8-13-24-19(16)26(5)14-11-17-10-6-7-12-23-17/h6-10,12-13,18H,11,14-15H2,1-5H3,(H,25,27). The highest BCUT2D eigenvalue weighted by atomic mass is 16.2. The Balaban J connectivity index is 1.61.